The van der Waals surface area contributed by atoms with Gasteiger partial charge in [-0.15, -0.1) is 0 Å². The predicted octanol–water partition coefficient (Wildman–Crippen LogP) is 4.29. The second kappa shape index (κ2) is 7.99. The molecule has 0 saturated carbocycles. The van der Waals surface area contributed by atoms with Gasteiger partial charge in [0, 0.05) is 0 Å². The second-order valence-corrected chi connectivity index (χ2v) is 8.41. The Balaban J connectivity index is 3.26. The van der Waals surface area contributed by atoms with Crippen molar-refractivity contribution in [3.63, 3.8) is 0 Å². The SMILES string of the molecule is CCOP(=O)(OCC)SC(CC)(C(=O)O)c1ccccc1. The maximum atomic E-state index is 12.7. The van der Waals surface area contributed by atoms with Crippen molar-refractivity contribution in [2.24, 2.45) is 0 Å². The van der Waals surface area contributed by atoms with Gasteiger partial charge in [0.1, 0.15) is 4.75 Å². The highest BCUT2D eigenvalue weighted by Crippen LogP contribution is 2.68. The van der Waals surface area contributed by atoms with Gasteiger partial charge >= 0.3 is 12.8 Å². The van der Waals surface area contributed by atoms with E-state index < -0.39 is 17.5 Å². The van der Waals surface area contributed by atoms with Gasteiger partial charge in [-0.3, -0.25) is 4.79 Å². The molecule has 21 heavy (non-hydrogen) atoms. The molecule has 0 saturated heterocycles. The van der Waals surface area contributed by atoms with Crippen LogP contribution in [-0.2, 0) is 23.2 Å². The number of carboxylic acid groups (broad SMARTS) is 1. The maximum Gasteiger partial charge on any atom is 0.390 e. The molecule has 0 fully saturated rings. The van der Waals surface area contributed by atoms with Gasteiger partial charge in [-0.05, 0) is 37.2 Å². The van der Waals surface area contributed by atoms with E-state index in [0.29, 0.717) is 5.56 Å². The highest BCUT2D eigenvalue weighted by molar-refractivity contribution is 8.55. The smallest absolute Gasteiger partial charge is 0.390 e. The van der Waals surface area contributed by atoms with Crippen LogP contribution in [0.2, 0.25) is 0 Å². The van der Waals surface area contributed by atoms with Crippen LogP contribution in [0.25, 0.3) is 0 Å². The fourth-order valence-electron chi connectivity index (χ4n) is 1.94. The molecule has 0 amide bonds. The molecule has 0 aliphatic carbocycles. The van der Waals surface area contributed by atoms with Gasteiger partial charge < -0.3 is 14.2 Å². The van der Waals surface area contributed by atoms with Gasteiger partial charge in [-0.25, -0.2) is 4.57 Å². The van der Waals surface area contributed by atoms with Crippen LogP contribution in [0.15, 0.2) is 30.3 Å². The minimum Gasteiger partial charge on any atom is -0.480 e. The van der Waals surface area contributed by atoms with Gasteiger partial charge in [0.25, 0.3) is 0 Å². The minimum atomic E-state index is -3.54. The van der Waals surface area contributed by atoms with Crippen LogP contribution in [0.1, 0.15) is 32.8 Å². The van der Waals surface area contributed by atoms with E-state index in [1.54, 1.807) is 51.1 Å². The molecule has 0 heterocycles. The van der Waals surface area contributed by atoms with Gasteiger partial charge in [0.15, 0.2) is 0 Å². The first-order valence-electron chi connectivity index (χ1n) is 6.83. The van der Waals surface area contributed by atoms with E-state index in [1.807, 2.05) is 0 Å². The van der Waals surface area contributed by atoms with Crippen molar-refractivity contribution < 1.29 is 23.5 Å². The Labute approximate surface area is 129 Å². The van der Waals surface area contributed by atoms with E-state index >= 15 is 0 Å². The van der Waals surface area contributed by atoms with E-state index in [9.17, 15) is 14.5 Å². The largest absolute Gasteiger partial charge is 0.480 e. The quantitative estimate of drug-likeness (QED) is 0.680. The minimum absolute atomic E-state index is 0.193. The summed E-state index contributed by atoms with van der Waals surface area (Å²) in [6, 6.07) is 8.76. The Morgan fingerprint density at radius 1 is 1.19 bits per heavy atom. The van der Waals surface area contributed by atoms with Crippen LogP contribution in [0.3, 0.4) is 0 Å². The molecule has 0 spiro atoms. The van der Waals surface area contributed by atoms with Crippen LogP contribution in [0.4, 0.5) is 0 Å². The topological polar surface area (TPSA) is 72.8 Å². The molecule has 118 valence electrons. The third-order valence-electron chi connectivity index (χ3n) is 2.93. The van der Waals surface area contributed by atoms with Crippen LogP contribution in [-0.4, -0.2) is 24.3 Å². The molecule has 1 aromatic carbocycles. The molecule has 0 aliphatic rings. The molecule has 0 radical (unpaired) electrons. The van der Waals surface area contributed by atoms with Crippen molar-refractivity contribution in [2.75, 3.05) is 13.2 Å². The van der Waals surface area contributed by atoms with Gasteiger partial charge in [-0.1, -0.05) is 37.3 Å². The van der Waals surface area contributed by atoms with Crippen molar-refractivity contribution >= 4 is 24.1 Å². The highest BCUT2D eigenvalue weighted by atomic mass is 32.7. The standard InChI is InChI=1S/C14H21O5PS/c1-4-14(13(15)16,12-10-8-7-9-11-12)21-20(17,18-5-2)19-6-3/h7-11H,4-6H2,1-3H3,(H,15,16). The number of aliphatic carboxylic acids is 1. The molecule has 1 rings (SSSR count). The van der Waals surface area contributed by atoms with E-state index in [4.69, 9.17) is 9.05 Å². The van der Waals surface area contributed by atoms with Crippen molar-refractivity contribution in [3.8, 4) is 0 Å². The van der Waals surface area contributed by atoms with Crippen LogP contribution in [0.5, 0.6) is 0 Å². The number of benzene rings is 1. The fourth-order valence-corrected chi connectivity index (χ4v) is 6.61. The number of hydrogen-bond donors (Lipinski definition) is 1. The van der Waals surface area contributed by atoms with E-state index in [-0.39, 0.29) is 19.6 Å². The highest BCUT2D eigenvalue weighted by Gasteiger charge is 2.47. The lowest BCUT2D eigenvalue weighted by atomic mass is 9.95. The summed E-state index contributed by atoms with van der Waals surface area (Å²) in [5, 5.41) is 9.72. The van der Waals surface area contributed by atoms with Crippen LogP contribution < -0.4 is 0 Å². The summed E-state index contributed by atoms with van der Waals surface area (Å²) in [5.74, 6) is -1.05. The zero-order valence-electron chi connectivity index (χ0n) is 12.4. The lowest BCUT2D eigenvalue weighted by Crippen LogP contribution is -2.31. The summed E-state index contributed by atoms with van der Waals surface area (Å²) in [7, 11) is 0. The predicted molar refractivity (Wildman–Crippen MR) is 84.5 cm³/mol. The van der Waals surface area contributed by atoms with Gasteiger partial charge in [0.2, 0.25) is 0 Å². The number of carboxylic acids is 1. The molecule has 5 nitrogen and oxygen atoms in total. The van der Waals surface area contributed by atoms with E-state index in [0.717, 1.165) is 11.4 Å². The lowest BCUT2D eigenvalue weighted by Gasteiger charge is -2.30. The molecule has 0 bridgehead atoms. The Morgan fingerprint density at radius 3 is 2.10 bits per heavy atom. The Bertz CT molecular complexity index is 497. The molecule has 0 aromatic heterocycles. The normalized spacial score (nSPS) is 14.6. The van der Waals surface area contributed by atoms with Gasteiger partial charge in [0.05, 0.1) is 13.2 Å². The Hall–Kier alpha value is -0.810. The summed E-state index contributed by atoms with van der Waals surface area (Å²) < 4.78 is 21.8. The monoisotopic (exact) mass is 332 g/mol. The first-order chi connectivity index (χ1) is 9.94. The van der Waals surface area contributed by atoms with Crippen molar-refractivity contribution in [1.82, 2.24) is 0 Å². The average molecular weight is 332 g/mol. The summed E-state index contributed by atoms with van der Waals surface area (Å²) in [6.45, 7) is 1.99. The van der Waals surface area contributed by atoms with Crippen molar-refractivity contribution in [3.05, 3.63) is 35.9 Å². The van der Waals surface area contributed by atoms with E-state index in [2.05, 4.69) is 0 Å². The molecular formula is C14H21O5PS. The molecule has 1 N–H and O–H groups in total. The molecule has 7 heteroatoms. The summed E-state index contributed by atoms with van der Waals surface area (Å²) >= 11 is 0.762. The first-order valence-corrected chi connectivity index (χ1v) is 9.79. The summed E-state index contributed by atoms with van der Waals surface area (Å²) in [6.07, 6.45) is 0.265. The Kier molecular flexibility index (Phi) is 6.94. The molecule has 0 aliphatic heterocycles. The Morgan fingerprint density at radius 2 is 1.71 bits per heavy atom. The van der Waals surface area contributed by atoms with Crippen LogP contribution >= 0.6 is 18.2 Å². The fraction of sp³-hybridized carbons (Fsp3) is 0.500. The number of hydrogen-bond acceptors (Lipinski definition) is 5. The summed E-state index contributed by atoms with van der Waals surface area (Å²) in [5.41, 5.74) is 0.574. The van der Waals surface area contributed by atoms with E-state index in [1.165, 1.54) is 0 Å². The first kappa shape index (κ1) is 18.2. The third kappa shape index (κ3) is 4.33. The molecule has 1 atom stereocenters. The number of carbonyl (C=O) groups is 1. The second-order valence-electron chi connectivity index (χ2n) is 4.23. The number of rotatable bonds is 9. The average Bonchev–Trinajstić information content (AvgIpc) is 2.46. The lowest BCUT2D eigenvalue weighted by molar-refractivity contribution is -0.140. The van der Waals surface area contributed by atoms with Crippen LogP contribution in [0, 0.1) is 0 Å². The zero-order valence-corrected chi connectivity index (χ0v) is 14.2. The maximum absolute atomic E-state index is 12.7. The molecular weight excluding hydrogens is 311 g/mol. The zero-order chi connectivity index (χ0) is 15.9. The third-order valence-corrected chi connectivity index (χ3v) is 7.55. The molecule has 1 aromatic rings. The molecule has 1 unspecified atom stereocenters. The van der Waals surface area contributed by atoms with Crippen molar-refractivity contribution in [2.45, 2.75) is 31.9 Å². The summed E-state index contributed by atoms with van der Waals surface area (Å²) in [4.78, 5) is 11.9. The van der Waals surface area contributed by atoms with Gasteiger partial charge in [-0.2, -0.15) is 0 Å². The van der Waals surface area contributed by atoms with Crippen molar-refractivity contribution in [1.29, 1.82) is 0 Å².